The van der Waals surface area contributed by atoms with Crippen molar-refractivity contribution in [2.24, 2.45) is 5.92 Å². The van der Waals surface area contributed by atoms with E-state index in [9.17, 15) is 0 Å². The van der Waals surface area contributed by atoms with Gasteiger partial charge in [-0.05, 0) is 49.1 Å². The highest BCUT2D eigenvalue weighted by Crippen LogP contribution is 2.28. The molecule has 0 bridgehead atoms. The van der Waals surface area contributed by atoms with E-state index < -0.39 is 0 Å². The van der Waals surface area contributed by atoms with Gasteiger partial charge < -0.3 is 5.32 Å². The minimum atomic E-state index is 0.245. The summed E-state index contributed by atoms with van der Waals surface area (Å²) in [6, 6.07) is 0.245. The maximum absolute atomic E-state index is 4.12. The van der Waals surface area contributed by atoms with E-state index in [1.54, 1.807) is 0 Å². The minimum Gasteiger partial charge on any atom is -0.307 e. The first-order valence-electron chi connectivity index (χ1n) is 6.30. The Morgan fingerprint density at radius 2 is 2.31 bits per heavy atom. The van der Waals surface area contributed by atoms with Crippen LogP contribution in [0.5, 0.6) is 0 Å². The molecular weight excluding hydrogens is 202 g/mol. The third kappa shape index (κ3) is 2.58. The molecule has 1 unspecified atom stereocenters. The topological polar surface area (TPSA) is 55.6 Å². The maximum atomic E-state index is 4.12. The summed E-state index contributed by atoms with van der Waals surface area (Å²) in [7, 11) is 0. The van der Waals surface area contributed by atoms with Crippen molar-refractivity contribution < 1.29 is 0 Å². The van der Waals surface area contributed by atoms with Crippen LogP contribution in [0.15, 0.2) is 0 Å². The van der Waals surface area contributed by atoms with Gasteiger partial charge in [0.2, 0.25) is 0 Å². The van der Waals surface area contributed by atoms with E-state index in [-0.39, 0.29) is 6.04 Å². The van der Waals surface area contributed by atoms with Crippen LogP contribution < -0.4 is 5.32 Å². The van der Waals surface area contributed by atoms with E-state index in [0.29, 0.717) is 0 Å². The van der Waals surface area contributed by atoms with E-state index in [1.165, 1.54) is 19.3 Å². The number of tetrazole rings is 1. The fourth-order valence-electron chi connectivity index (χ4n) is 2.02. The Balaban J connectivity index is 1.94. The van der Waals surface area contributed by atoms with Gasteiger partial charge in [0.05, 0.1) is 6.04 Å². The van der Waals surface area contributed by atoms with Gasteiger partial charge >= 0.3 is 0 Å². The SMILES string of the molecule is CCCNC(C)c1nnnn1CC1CCC1. The van der Waals surface area contributed by atoms with Gasteiger partial charge in [-0.2, -0.15) is 0 Å². The molecule has 1 aliphatic carbocycles. The molecule has 0 radical (unpaired) electrons. The average molecular weight is 223 g/mol. The van der Waals surface area contributed by atoms with Crippen LogP contribution in [0.1, 0.15) is 51.4 Å². The molecule has 0 amide bonds. The fraction of sp³-hybridized carbons (Fsp3) is 0.909. The van der Waals surface area contributed by atoms with Crippen molar-refractivity contribution in [3.8, 4) is 0 Å². The Hall–Kier alpha value is -0.970. The van der Waals surface area contributed by atoms with Crippen molar-refractivity contribution >= 4 is 0 Å². The number of rotatable bonds is 6. The highest BCUT2D eigenvalue weighted by atomic mass is 15.5. The predicted molar refractivity (Wildman–Crippen MR) is 61.9 cm³/mol. The monoisotopic (exact) mass is 223 g/mol. The predicted octanol–water partition coefficient (Wildman–Crippen LogP) is 1.53. The lowest BCUT2D eigenvalue weighted by atomic mass is 9.85. The van der Waals surface area contributed by atoms with E-state index in [2.05, 4.69) is 34.7 Å². The van der Waals surface area contributed by atoms with Crippen LogP contribution in [-0.2, 0) is 6.54 Å². The largest absolute Gasteiger partial charge is 0.307 e. The number of hydrogen-bond acceptors (Lipinski definition) is 4. The van der Waals surface area contributed by atoms with E-state index in [0.717, 1.165) is 31.3 Å². The summed E-state index contributed by atoms with van der Waals surface area (Å²) in [5, 5.41) is 15.4. The average Bonchev–Trinajstić information content (AvgIpc) is 2.68. The highest BCUT2D eigenvalue weighted by molar-refractivity contribution is 4.90. The highest BCUT2D eigenvalue weighted by Gasteiger charge is 2.21. The second-order valence-corrected chi connectivity index (χ2v) is 4.69. The first-order chi connectivity index (χ1) is 7.81. The molecule has 5 heteroatoms. The summed E-state index contributed by atoms with van der Waals surface area (Å²) in [4.78, 5) is 0. The van der Waals surface area contributed by atoms with Crippen molar-refractivity contribution in [1.29, 1.82) is 0 Å². The quantitative estimate of drug-likeness (QED) is 0.794. The Morgan fingerprint density at radius 3 is 2.94 bits per heavy atom. The normalized spacial score (nSPS) is 18.4. The molecule has 1 fully saturated rings. The van der Waals surface area contributed by atoms with Crippen LogP contribution in [0.3, 0.4) is 0 Å². The summed E-state index contributed by atoms with van der Waals surface area (Å²) in [5.41, 5.74) is 0. The molecule has 5 nitrogen and oxygen atoms in total. The molecule has 1 N–H and O–H groups in total. The van der Waals surface area contributed by atoms with Gasteiger partial charge in [-0.1, -0.05) is 13.3 Å². The summed E-state index contributed by atoms with van der Waals surface area (Å²) in [6.45, 7) is 6.29. The van der Waals surface area contributed by atoms with Crippen molar-refractivity contribution in [3.63, 3.8) is 0 Å². The maximum Gasteiger partial charge on any atom is 0.167 e. The zero-order valence-corrected chi connectivity index (χ0v) is 10.2. The van der Waals surface area contributed by atoms with E-state index in [4.69, 9.17) is 0 Å². The van der Waals surface area contributed by atoms with Crippen LogP contribution >= 0.6 is 0 Å². The number of hydrogen-bond donors (Lipinski definition) is 1. The van der Waals surface area contributed by atoms with Crippen molar-refractivity contribution in [2.75, 3.05) is 6.54 Å². The minimum absolute atomic E-state index is 0.245. The van der Waals surface area contributed by atoms with Crippen molar-refractivity contribution in [3.05, 3.63) is 5.82 Å². The zero-order valence-electron chi connectivity index (χ0n) is 10.2. The van der Waals surface area contributed by atoms with E-state index >= 15 is 0 Å². The van der Waals surface area contributed by atoms with Crippen LogP contribution in [0, 0.1) is 5.92 Å². The van der Waals surface area contributed by atoms with Gasteiger partial charge in [-0.3, -0.25) is 0 Å². The smallest absolute Gasteiger partial charge is 0.167 e. The van der Waals surface area contributed by atoms with Crippen molar-refractivity contribution in [2.45, 2.75) is 52.1 Å². The van der Waals surface area contributed by atoms with Crippen LogP contribution in [0.2, 0.25) is 0 Å². The van der Waals surface area contributed by atoms with Gasteiger partial charge in [-0.25, -0.2) is 4.68 Å². The molecular formula is C11H21N5. The van der Waals surface area contributed by atoms with Crippen LogP contribution in [0.25, 0.3) is 0 Å². The molecule has 0 spiro atoms. The Kier molecular flexibility index (Phi) is 3.88. The number of aromatic nitrogens is 4. The summed E-state index contributed by atoms with van der Waals surface area (Å²) < 4.78 is 1.97. The van der Waals surface area contributed by atoms with Gasteiger partial charge in [0.25, 0.3) is 0 Å². The van der Waals surface area contributed by atoms with Crippen LogP contribution in [-0.4, -0.2) is 26.8 Å². The number of nitrogens with zero attached hydrogens (tertiary/aromatic N) is 4. The molecule has 1 atom stereocenters. The van der Waals surface area contributed by atoms with Crippen LogP contribution in [0.4, 0.5) is 0 Å². The molecule has 1 saturated carbocycles. The fourth-order valence-corrected chi connectivity index (χ4v) is 2.02. The van der Waals surface area contributed by atoms with Gasteiger partial charge in [0.15, 0.2) is 5.82 Å². The molecule has 1 aromatic rings. The Bertz CT molecular complexity index is 318. The van der Waals surface area contributed by atoms with E-state index in [1.807, 2.05) is 4.68 Å². The lowest BCUT2D eigenvalue weighted by molar-refractivity contribution is 0.258. The third-order valence-electron chi connectivity index (χ3n) is 3.30. The molecule has 16 heavy (non-hydrogen) atoms. The zero-order chi connectivity index (χ0) is 11.4. The molecule has 1 heterocycles. The number of nitrogens with one attached hydrogen (secondary N) is 1. The van der Waals surface area contributed by atoms with Gasteiger partial charge in [-0.15, -0.1) is 5.10 Å². The van der Waals surface area contributed by atoms with Crippen molar-refractivity contribution in [1.82, 2.24) is 25.5 Å². The summed E-state index contributed by atoms with van der Waals surface area (Å²) >= 11 is 0. The molecule has 1 aromatic heterocycles. The lowest BCUT2D eigenvalue weighted by Crippen LogP contribution is -2.26. The lowest BCUT2D eigenvalue weighted by Gasteiger charge is -2.25. The molecule has 0 saturated heterocycles. The Labute approximate surface area is 96.6 Å². The second-order valence-electron chi connectivity index (χ2n) is 4.69. The molecule has 0 aromatic carbocycles. The third-order valence-corrected chi connectivity index (χ3v) is 3.30. The standard InChI is InChI=1S/C11H21N5/c1-3-7-12-9(2)11-13-14-15-16(11)8-10-5-4-6-10/h9-10,12H,3-8H2,1-2H3. The molecule has 2 rings (SSSR count). The van der Waals surface area contributed by atoms with Gasteiger partial charge in [0.1, 0.15) is 0 Å². The molecule has 0 aliphatic heterocycles. The second kappa shape index (κ2) is 5.39. The first-order valence-corrected chi connectivity index (χ1v) is 6.30. The summed E-state index contributed by atoms with van der Waals surface area (Å²) in [6.07, 6.45) is 5.16. The van der Waals surface area contributed by atoms with Gasteiger partial charge in [0, 0.05) is 6.54 Å². The molecule has 1 aliphatic rings. The Morgan fingerprint density at radius 1 is 1.50 bits per heavy atom. The summed E-state index contributed by atoms with van der Waals surface area (Å²) in [5.74, 6) is 1.76. The molecule has 90 valence electrons. The first kappa shape index (κ1) is 11.5.